The lowest BCUT2D eigenvalue weighted by molar-refractivity contribution is -0.131. The van der Waals surface area contributed by atoms with Gasteiger partial charge in [0, 0.05) is 17.9 Å². The first-order valence-electron chi connectivity index (χ1n) is 6.58. The molecule has 0 unspecified atom stereocenters. The summed E-state index contributed by atoms with van der Waals surface area (Å²) in [4.78, 5) is 23.8. The molecule has 0 spiro atoms. The average molecular weight is 416 g/mol. The van der Waals surface area contributed by atoms with E-state index >= 15 is 0 Å². The first-order chi connectivity index (χ1) is 10.9. The Hall–Kier alpha value is -1.78. The number of hydrogen-bond acceptors (Lipinski definition) is 5. The summed E-state index contributed by atoms with van der Waals surface area (Å²) in [7, 11) is 1.50. The van der Waals surface area contributed by atoms with Gasteiger partial charge in [-0.3, -0.25) is 20.2 Å². The second kappa shape index (κ2) is 8.18. The first kappa shape index (κ1) is 17.6. The molecule has 7 nitrogen and oxygen atoms in total. The summed E-state index contributed by atoms with van der Waals surface area (Å²) in [6, 6.07) is 7.19. The van der Waals surface area contributed by atoms with E-state index in [9.17, 15) is 9.59 Å². The van der Waals surface area contributed by atoms with Gasteiger partial charge in [-0.15, -0.1) is 5.10 Å². The van der Waals surface area contributed by atoms with Crippen molar-refractivity contribution in [2.24, 2.45) is 0 Å². The Morgan fingerprint density at radius 1 is 1.39 bits per heavy atom. The number of carbonyl (C=O) groups is 2. The monoisotopic (exact) mass is 415 g/mol. The standard InChI is InChI=1S/C13H14BrN5O2S2/c1-19(18-11(21)15-12-16-17-13(22)23-12)10(20)7-4-8-2-5-9(14)6-3-8/h2-3,5-6H,4,7H2,1H3,(H,17,22)(H2,15,16,18,21). The second-order valence-electron chi connectivity index (χ2n) is 4.56. The molecule has 0 saturated heterocycles. The van der Waals surface area contributed by atoms with Gasteiger partial charge in [0.05, 0.1) is 0 Å². The van der Waals surface area contributed by atoms with Crippen LogP contribution in [0.3, 0.4) is 0 Å². The Bertz CT molecular complexity index is 743. The highest BCUT2D eigenvalue weighted by atomic mass is 79.9. The number of amides is 3. The van der Waals surface area contributed by atoms with Crippen LogP contribution >= 0.6 is 39.5 Å². The molecule has 0 aliphatic rings. The summed E-state index contributed by atoms with van der Waals surface area (Å²) in [6.07, 6.45) is 0.889. The molecule has 2 rings (SSSR count). The number of rotatable bonds is 4. The van der Waals surface area contributed by atoms with Crippen molar-refractivity contribution in [3.05, 3.63) is 38.3 Å². The van der Waals surface area contributed by atoms with Crippen LogP contribution in [0.1, 0.15) is 12.0 Å². The number of aromatic nitrogens is 2. The minimum Gasteiger partial charge on any atom is -0.281 e. The predicted molar refractivity (Wildman–Crippen MR) is 94.7 cm³/mol. The Labute approximate surface area is 150 Å². The van der Waals surface area contributed by atoms with Gasteiger partial charge in [-0.1, -0.05) is 39.4 Å². The van der Waals surface area contributed by atoms with Crippen molar-refractivity contribution in [3.8, 4) is 0 Å². The van der Waals surface area contributed by atoms with Gasteiger partial charge < -0.3 is 0 Å². The molecule has 0 aliphatic carbocycles. The van der Waals surface area contributed by atoms with Crippen molar-refractivity contribution in [2.75, 3.05) is 12.4 Å². The zero-order chi connectivity index (χ0) is 16.8. The topological polar surface area (TPSA) is 90.1 Å². The zero-order valence-electron chi connectivity index (χ0n) is 12.1. The van der Waals surface area contributed by atoms with Gasteiger partial charge in [0.2, 0.25) is 11.0 Å². The summed E-state index contributed by atoms with van der Waals surface area (Å²) in [5.74, 6) is -0.197. The van der Waals surface area contributed by atoms with E-state index in [-0.39, 0.29) is 5.91 Å². The molecule has 1 aromatic carbocycles. The lowest BCUT2D eigenvalue weighted by Crippen LogP contribution is -2.45. The molecule has 122 valence electrons. The Balaban J connectivity index is 1.78. The number of hydrazine groups is 1. The van der Waals surface area contributed by atoms with Crippen LogP contribution < -0.4 is 10.7 Å². The number of aromatic amines is 1. The second-order valence-corrected chi connectivity index (χ2v) is 7.14. The predicted octanol–water partition coefficient (Wildman–Crippen LogP) is 3.09. The van der Waals surface area contributed by atoms with Gasteiger partial charge in [0.15, 0.2) is 3.95 Å². The third kappa shape index (κ3) is 5.73. The van der Waals surface area contributed by atoms with Gasteiger partial charge in [-0.25, -0.2) is 10.2 Å². The van der Waals surface area contributed by atoms with E-state index in [1.54, 1.807) is 0 Å². The molecule has 1 heterocycles. The maximum atomic E-state index is 12.0. The van der Waals surface area contributed by atoms with Gasteiger partial charge in [-0.05, 0) is 36.3 Å². The van der Waals surface area contributed by atoms with E-state index in [2.05, 4.69) is 36.9 Å². The van der Waals surface area contributed by atoms with Gasteiger partial charge in [0.25, 0.3) is 0 Å². The normalized spacial score (nSPS) is 10.2. The third-order valence-corrected chi connectivity index (χ3v) is 4.38. The quantitative estimate of drug-likeness (QED) is 0.528. The molecule has 1 aromatic heterocycles. The maximum absolute atomic E-state index is 12.0. The fourth-order valence-corrected chi connectivity index (χ4v) is 2.74. The van der Waals surface area contributed by atoms with Crippen LogP contribution in [0.4, 0.5) is 9.93 Å². The fourth-order valence-electron chi connectivity index (χ4n) is 1.69. The third-order valence-electron chi connectivity index (χ3n) is 2.84. The molecule has 3 amide bonds. The smallest absolute Gasteiger partial charge is 0.281 e. The highest BCUT2D eigenvalue weighted by Gasteiger charge is 2.12. The number of aryl methyl sites for hydroxylation is 1. The SMILES string of the molecule is CN(NC(=O)Nc1n[nH]c(=S)s1)C(=O)CCc1ccc(Br)cc1. The van der Waals surface area contributed by atoms with E-state index < -0.39 is 6.03 Å². The summed E-state index contributed by atoms with van der Waals surface area (Å²) in [5.41, 5.74) is 3.48. The Morgan fingerprint density at radius 2 is 2.09 bits per heavy atom. The minimum atomic E-state index is -0.553. The van der Waals surface area contributed by atoms with Crippen molar-refractivity contribution in [1.29, 1.82) is 0 Å². The molecule has 2 aromatic rings. The van der Waals surface area contributed by atoms with E-state index in [1.165, 1.54) is 7.05 Å². The molecular formula is C13H14BrN5O2S2. The molecule has 0 radical (unpaired) electrons. The number of halogens is 1. The van der Waals surface area contributed by atoms with Crippen LogP contribution in [-0.4, -0.2) is 34.2 Å². The lowest BCUT2D eigenvalue weighted by atomic mass is 10.1. The maximum Gasteiger partial charge on any atom is 0.339 e. The highest BCUT2D eigenvalue weighted by molar-refractivity contribution is 9.10. The molecule has 3 N–H and O–H groups in total. The van der Waals surface area contributed by atoms with E-state index in [0.717, 1.165) is 26.4 Å². The average Bonchev–Trinajstić information content (AvgIpc) is 2.91. The summed E-state index contributed by atoms with van der Waals surface area (Å²) < 4.78 is 1.45. The molecule has 10 heteroatoms. The number of anilines is 1. The van der Waals surface area contributed by atoms with Crippen LogP contribution in [0.5, 0.6) is 0 Å². The molecule has 0 aliphatic heterocycles. The highest BCUT2D eigenvalue weighted by Crippen LogP contribution is 2.12. The number of hydrogen-bond donors (Lipinski definition) is 3. The van der Waals surface area contributed by atoms with E-state index in [0.29, 0.717) is 21.9 Å². The molecular weight excluding hydrogens is 402 g/mol. The fraction of sp³-hybridized carbons (Fsp3) is 0.231. The van der Waals surface area contributed by atoms with Gasteiger partial charge >= 0.3 is 6.03 Å². The zero-order valence-corrected chi connectivity index (χ0v) is 15.3. The number of nitrogens with zero attached hydrogens (tertiary/aromatic N) is 2. The van der Waals surface area contributed by atoms with E-state index in [4.69, 9.17) is 12.2 Å². The minimum absolute atomic E-state index is 0.197. The number of urea groups is 1. The number of carbonyl (C=O) groups excluding carboxylic acids is 2. The van der Waals surface area contributed by atoms with Gasteiger partial charge in [-0.2, -0.15) is 0 Å². The molecule has 0 atom stereocenters. The number of nitrogens with one attached hydrogen (secondary N) is 3. The Morgan fingerprint density at radius 3 is 2.70 bits per heavy atom. The van der Waals surface area contributed by atoms with Crippen LogP contribution in [0.2, 0.25) is 0 Å². The summed E-state index contributed by atoms with van der Waals surface area (Å²) in [6.45, 7) is 0. The van der Waals surface area contributed by atoms with Crippen molar-refractivity contribution >= 4 is 56.6 Å². The van der Waals surface area contributed by atoms with Crippen LogP contribution in [0.25, 0.3) is 0 Å². The molecule has 0 bridgehead atoms. The first-order valence-corrected chi connectivity index (χ1v) is 8.60. The van der Waals surface area contributed by atoms with Crippen LogP contribution in [0.15, 0.2) is 28.7 Å². The Kier molecular flexibility index (Phi) is 6.25. The molecule has 23 heavy (non-hydrogen) atoms. The molecule has 0 saturated carbocycles. The molecule has 0 fully saturated rings. The largest absolute Gasteiger partial charge is 0.339 e. The number of H-pyrrole nitrogens is 1. The van der Waals surface area contributed by atoms with Crippen LogP contribution in [0, 0.1) is 3.95 Å². The van der Waals surface area contributed by atoms with Crippen molar-refractivity contribution in [2.45, 2.75) is 12.8 Å². The lowest BCUT2D eigenvalue weighted by Gasteiger charge is -2.18. The number of benzene rings is 1. The van der Waals surface area contributed by atoms with Crippen molar-refractivity contribution < 1.29 is 9.59 Å². The van der Waals surface area contributed by atoms with Crippen LogP contribution in [-0.2, 0) is 11.2 Å². The van der Waals surface area contributed by atoms with Crippen molar-refractivity contribution in [1.82, 2.24) is 20.6 Å². The van der Waals surface area contributed by atoms with Gasteiger partial charge in [0.1, 0.15) is 0 Å². The summed E-state index contributed by atoms with van der Waals surface area (Å²) in [5, 5.41) is 10.3. The van der Waals surface area contributed by atoms with E-state index in [1.807, 2.05) is 24.3 Å². The van der Waals surface area contributed by atoms with Crippen molar-refractivity contribution in [3.63, 3.8) is 0 Å². The summed E-state index contributed by atoms with van der Waals surface area (Å²) >= 11 is 9.36.